The van der Waals surface area contributed by atoms with E-state index in [0.29, 0.717) is 13.0 Å². The van der Waals surface area contributed by atoms with E-state index in [-0.39, 0.29) is 23.4 Å². The van der Waals surface area contributed by atoms with E-state index in [0.717, 1.165) is 69.3 Å². The molecule has 2 aromatic carbocycles. The van der Waals surface area contributed by atoms with E-state index in [1.165, 1.54) is 12.0 Å². The van der Waals surface area contributed by atoms with Crippen molar-refractivity contribution < 1.29 is 9.59 Å². The summed E-state index contributed by atoms with van der Waals surface area (Å²) in [6.45, 7) is 3.62. The Morgan fingerprint density at radius 3 is 2.36 bits per heavy atom. The maximum Gasteiger partial charge on any atom is 0.254 e. The first-order valence-corrected chi connectivity index (χ1v) is 12.6. The van der Waals surface area contributed by atoms with Gasteiger partial charge in [0.2, 0.25) is 5.91 Å². The van der Waals surface area contributed by atoms with Crippen molar-refractivity contribution in [3.05, 3.63) is 71.3 Å². The number of carbonyl (C=O) groups excluding carboxylic acids is 2. The van der Waals surface area contributed by atoms with Crippen LogP contribution in [0.1, 0.15) is 72.9 Å². The average molecular weight is 446 g/mol. The molecule has 1 N–H and O–H groups in total. The van der Waals surface area contributed by atoms with Crippen LogP contribution in [0.3, 0.4) is 0 Å². The van der Waals surface area contributed by atoms with Crippen molar-refractivity contribution in [1.82, 2.24) is 15.1 Å². The minimum absolute atomic E-state index is 0.106. The number of amides is 2. The quantitative estimate of drug-likeness (QED) is 0.712. The summed E-state index contributed by atoms with van der Waals surface area (Å²) in [5.74, 6) is 0.219. The fourth-order valence-corrected chi connectivity index (χ4v) is 6.04. The second-order valence-corrected chi connectivity index (χ2v) is 10.1. The molecule has 1 aliphatic carbocycles. The molecule has 0 spiro atoms. The molecule has 2 aromatic rings. The number of carbonyl (C=O) groups is 2. The number of rotatable bonds is 6. The van der Waals surface area contributed by atoms with E-state index in [4.69, 9.17) is 0 Å². The summed E-state index contributed by atoms with van der Waals surface area (Å²) in [6, 6.07) is 18.7. The highest BCUT2D eigenvalue weighted by molar-refractivity contribution is 5.99. The van der Waals surface area contributed by atoms with Gasteiger partial charge in [-0.05, 0) is 42.9 Å². The smallest absolute Gasteiger partial charge is 0.254 e. The second kappa shape index (κ2) is 9.68. The van der Waals surface area contributed by atoms with Crippen molar-refractivity contribution in [3.63, 3.8) is 0 Å². The molecule has 5 rings (SSSR count). The third-order valence-electron chi connectivity index (χ3n) is 7.87. The summed E-state index contributed by atoms with van der Waals surface area (Å²) in [7, 11) is 0. The zero-order valence-electron chi connectivity index (χ0n) is 19.5. The monoisotopic (exact) mass is 445 g/mol. The van der Waals surface area contributed by atoms with Crippen LogP contribution in [0.15, 0.2) is 54.6 Å². The summed E-state index contributed by atoms with van der Waals surface area (Å²) in [5.41, 5.74) is 2.91. The van der Waals surface area contributed by atoms with Gasteiger partial charge in [-0.1, -0.05) is 67.8 Å². The molecule has 5 heteroatoms. The highest BCUT2D eigenvalue weighted by Crippen LogP contribution is 2.41. The van der Waals surface area contributed by atoms with Crippen LogP contribution in [0.2, 0.25) is 0 Å². The molecule has 2 aliphatic heterocycles. The molecule has 1 saturated carbocycles. The zero-order valence-corrected chi connectivity index (χ0v) is 19.5. The van der Waals surface area contributed by atoms with Crippen molar-refractivity contribution in [3.8, 4) is 0 Å². The summed E-state index contributed by atoms with van der Waals surface area (Å²) < 4.78 is 0. The third kappa shape index (κ3) is 4.84. The Hall–Kier alpha value is -2.66. The number of hydrogen-bond donors (Lipinski definition) is 1. The molecule has 0 radical (unpaired) electrons. The number of nitrogens with zero attached hydrogens (tertiary/aromatic N) is 2. The first-order valence-electron chi connectivity index (χ1n) is 12.6. The lowest BCUT2D eigenvalue weighted by Gasteiger charge is -2.44. The Labute approximate surface area is 197 Å². The van der Waals surface area contributed by atoms with E-state index in [2.05, 4.69) is 40.5 Å². The first-order chi connectivity index (χ1) is 16.1. The predicted molar refractivity (Wildman–Crippen MR) is 130 cm³/mol. The Morgan fingerprint density at radius 2 is 1.64 bits per heavy atom. The van der Waals surface area contributed by atoms with E-state index in [9.17, 15) is 9.59 Å². The highest BCUT2D eigenvalue weighted by atomic mass is 16.2. The van der Waals surface area contributed by atoms with Gasteiger partial charge >= 0.3 is 0 Å². The minimum Gasteiger partial charge on any atom is -0.353 e. The van der Waals surface area contributed by atoms with Crippen LogP contribution in [0, 0.1) is 0 Å². The number of nitrogens with one attached hydrogen (secondary N) is 1. The number of fused-ring (bicyclic) bond motifs is 1. The summed E-state index contributed by atoms with van der Waals surface area (Å²) >= 11 is 0. The molecule has 33 heavy (non-hydrogen) atoms. The summed E-state index contributed by atoms with van der Waals surface area (Å²) in [4.78, 5) is 31.0. The lowest BCUT2D eigenvalue weighted by molar-refractivity contribution is -0.125. The SMILES string of the molecule is O=C(CC1(N2Cc3ccccc3C2=O)CCCCC1)NC1CCN(Cc2ccccc2)CC1. The molecule has 0 aromatic heterocycles. The van der Waals surface area contributed by atoms with Gasteiger partial charge in [-0.2, -0.15) is 0 Å². The predicted octanol–water partition coefficient (Wildman–Crippen LogP) is 4.52. The van der Waals surface area contributed by atoms with Gasteiger partial charge < -0.3 is 10.2 Å². The normalized spacial score (nSPS) is 21.1. The van der Waals surface area contributed by atoms with Crippen molar-refractivity contribution in [2.75, 3.05) is 13.1 Å². The molecule has 2 amide bonds. The largest absolute Gasteiger partial charge is 0.353 e. The Balaban J connectivity index is 1.19. The Morgan fingerprint density at radius 1 is 0.939 bits per heavy atom. The Bertz CT molecular complexity index is 976. The molecule has 0 bridgehead atoms. The van der Waals surface area contributed by atoms with E-state index in [1.54, 1.807) is 0 Å². The van der Waals surface area contributed by atoms with Gasteiger partial charge in [0.05, 0.1) is 5.54 Å². The van der Waals surface area contributed by atoms with Gasteiger partial charge in [-0.15, -0.1) is 0 Å². The van der Waals surface area contributed by atoms with Crippen molar-refractivity contribution in [1.29, 1.82) is 0 Å². The zero-order chi connectivity index (χ0) is 22.7. The minimum atomic E-state index is -0.341. The standard InChI is InChI=1S/C28H35N3O2/c32-26(29-24-13-17-30(18-14-24)20-22-9-3-1-4-10-22)19-28(15-7-2-8-16-28)31-21-23-11-5-6-12-25(23)27(31)33/h1,3-6,9-12,24H,2,7-8,13-21H2,(H,29,32). The van der Waals surface area contributed by atoms with Gasteiger partial charge in [-0.3, -0.25) is 14.5 Å². The molecule has 0 atom stereocenters. The van der Waals surface area contributed by atoms with Gasteiger partial charge in [0.25, 0.3) is 5.91 Å². The van der Waals surface area contributed by atoms with Crippen LogP contribution >= 0.6 is 0 Å². The van der Waals surface area contributed by atoms with E-state index in [1.807, 2.05) is 29.2 Å². The van der Waals surface area contributed by atoms with Crippen LogP contribution in [0.25, 0.3) is 0 Å². The molecule has 0 unspecified atom stereocenters. The lowest BCUT2D eigenvalue weighted by atomic mass is 9.77. The van der Waals surface area contributed by atoms with Gasteiger partial charge in [-0.25, -0.2) is 0 Å². The summed E-state index contributed by atoms with van der Waals surface area (Å²) in [6.07, 6.45) is 7.62. The van der Waals surface area contributed by atoms with Crippen molar-refractivity contribution >= 4 is 11.8 Å². The summed E-state index contributed by atoms with van der Waals surface area (Å²) in [5, 5.41) is 3.33. The number of benzene rings is 2. The molecular formula is C28H35N3O2. The highest BCUT2D eigenvalue weighted by Gasteiger charge is 2.45. The second-order valence-electron chi connectivity index (χ2n) is 10.1. The fraction of sp³-hybridized carbons (Fsp3) is 0.500. The van der Waals surface area contributed by atoms with E-state index < -0.39 is 0 Å². The van der Waals surface area contributed by atoms with Crippen LogP contribution < -0.4 is 5.32 Å². The molecule has 1 saturated heterocycles. The molecule has 3 aliphatic rings. The van der Waals surface area contributed by atoms with E-state index >= 15 is 0 Å². The van der Waals surface area contributed by atoms with Crippen LogP contribution in [0.4, 0.5) is 0 Å². The number of piperidine rings is 1. The average Bonchev–Trinajstić information content (AvgIpc) is 3.19. The topological polar surface area (TPSA) is 52.7 Å². The van der Waals surface area contributed by atoms with Gasteiger partial charge in [0.15, 0.2) is 0 Å². The molecular weight excluding hydrogens is 410 g/mol. The number of hydrogen-bond acceptors (Lipinski definition) is 3. The number of likely N-dealkylation sites (tertiary alicyclic amines) is 1. The van der Waals surface area contributed by atoms with Crippen LogP contribution in [-0.4, -0.2) is 46.3 Å². The van der Waals surface area contributed by atoms with Crippen LogP contribution in [-0.2, 0) is 17.9 Å². The molecule has 5 nitrogen and oxygen atoms in total. The third-order valence-corrected chi connectivity index (χ3v) is 7.87. The van der Waals surface area contributed by atoms with Gasteiger partial charge in [0.1, 0.15) is 0 Å². The molecule has 2 fully saturated rings. The Kier molecular flexibility index (Phi) is 6.50. The maximum atomic E-state index is 13.2. The maximum absolute atomic E-state index is 13.2. The van der Waals surface area contributed by atoms with Crippen molar-refractivity contribution in [2.45, 2.75) is 76.0 Å². The fourth-order valence-electron chi connectivity index (χ4n) is 6.04. The van der Waals surface area contributed by atoms with Gasteiger partial charge in [0, 0.05) is 44.2 Å². The molecule has 174 valence electrons. The lowest BCUT2D eigenvalue weighted by Crippen LogP contribution is -2.54. The van der Waals surface area contributed by atoms with Crippen molar-refractivity contribution in [2.24, 2.45) is 0 Å². The first kappa shape index (κ1) is 22.1. The molecule has 2 heterocycles. The van der Waals surface area contributed by atoms with Crippen LogP contribution in [0.5, 0.6) is 0 Å².